The Morgan fingerprint density at radius 2 is 1.66 bits per heavy atom. The lowest BCUT2D eigenvalue weighted by Crippen LogP contribution is -2.39. The molecule has 0 fully saturated rings. The third-order valence-electron chi connectivity index (χ3n) is 5.20. The van der Waals surface area contributed by atoms with Gasteiger partial charge < -0.3 is 5.32 Å². The molecule has 1 amide bonds. The number of nitrogens with zero attached hydrogens (tertiary/aromatic N) is 2. The molecule has 0 bridgehead atoms. The highest BCUT2D eigenvalue weighted by atomic mass is 16.2. The van der Waals surface area contributed by atoms with Gasteiger partial charge in [-0.2, -0.15) is 5.10 Å². The average Bonchev–Trinajstić information content (AvgIpc) is 2.76. The molecule has 1 unspecified atom stereocenters. The van der Waals surface area contributed by atoms with Crippen LogP contribution in [0.15, 0.2) is 84.0 Å². The minimum atomic E-state index is -0.335. The van der Waals surface area contributed by atoms with Gasteiger partial charge in [0.05, 0.1) is 5.56 Å². The number of hydrogen-bond donors (Lipinski definition) is 1. The van der Waals surface area contributed by atoms with E-state index in [1.807, 2.05) is 60.8 Å². The maximum Gasteiger partial charge on any atom is 0.278 e. The molecule has 1 aliphatic rings. The van der Waals surface area contributed by atoms with Gasteiger partial charge in [0.1, 0.15) is 0 Å². The lowest BCUT2D eigenvalue weighted by Gasteiger charge is -2.34. The summed E-state index contributed by atoms with van der Waals surface area (Å²) in [6.07, 6.45) is 2.15. The van der Waals surface area contributed by atoms with Crippen LogP contribution in [0.4, 0.5) is 5.69 Å². The molecule has 0 saturated carbocycles. The number of benzene rings is 3. The topological polar surface area (TPSA) is 44.7 Å². The van der Waals surface area contributed by atoms with Crippen molar-refractivity contribution in [3.8, 4) is 0 Å². The number of fused-ring (bicyclic) bond motifs is 1. The van der Waals surface area contributed by atoms with E-state index in [4.69, 9.17) is 0 Å². The highest BCUT2D eigenvalue weighted by molar-refractivity contribution is 6.01. The molecule has 0 aliphatic carbocycles. The summed E-state index contributed by atoms with van der Waals surface area (Å²) in [5.41, 5.74) is 4.96. The van der Waals surface area contributed by atoms with Crippen LogP contribution in [-0.4, -0.2) is 17.1 Å². The van der Waals surface area contributed by atoms with Crippen LogP contribution >= 0.6 is 0 Å². The van der Waals surface area contributed by atoms with Crippen LogP contribution in [0.2, 0.25) is 0 Å². The van der Waals surface area contributed by atoms with Gasteiger partial charge in [-0.25, -0.2) is 5.01 Å². The van der Waals surface area contributed by atoms with Gasteiger partial charge in [-0.05, 0) is 34.7 Å². The molecule has 0 radical (unpaired) electrons. The highest BCUT2D eigenvalue weighted by Gasteiger charge is 2.32. The van der Waals surface area contributed by atoms with Gasteiger partial charge in [-0.3, -0.25) is 4.79 Å². The van der Waals surface area contributed by atoms with Crippen LogP contribution in [0, 0.1) is 0 Å². The first-order valence-electron chi connectivity index (χ1n) is 9.99. The molecule has 0 aromatic heterocycles. The van der Waals surface area contributed by atoms with Gasteiger partial charge in [0, 0.05) is 18.3 Å². The summed E-state index contributed by atoms with van der Waals surface area (Å²) in [5, 5.41) is 9.57. The van der Waals surface area contributed by atoms with Crippen molar-refractivity contribution in [1.82, 2.24) is 5.01 Å². The molecule has 29 heavy (non-hydrogen) atoms. The van der Waals surface area contributed by atoms with E-state index in [9.17, 15) is 4.79 Å². The highest BCUT2D eigenvalue weighted by Crippen LogP contribution is 2.33. The van der Waals surface area contributed by atoms with Crippen LogP contribution in [-0.2, 0) is 6.42 Å². The number of anilines is 1. The summed E-state index contributed by atoms with van der Waals surface area (Å²) in [4.78, 5) is 13.1. The third kappa shape index (κ3) is 4.06. The molecule has 1 atom stereocenters. The van der Waals surface area contributed by atoms with Gasteiger partial charge in [0.25, 0.3) is 5.91 Å². The third-order valence-corrected chi connectivity index (χ3v) is 5.20. The van der Waals surface area contributed by atoms with Crippen LogP contribution in [0.25, 0.3) is 0 Å². The number of carbonyl (C=O) groups is 1. The first-order valence-corrected chi connectivity index (χ1v) is 9.99. The van der Waals surface area contributed by atoms with E-state index >= 15 is 0 Å². The van der Waals surface area contributed by atoms with Crippen LogP contribution < -0.4 is 5.32 Å². The molecule has 3 aromatic carbocycles. The molecule has 4 nitrogen and oxygen atoms in total. The molecular weight excluding hydrogens is 358 g/mol. The van der Waals surface area contributed by atoms with Crippen molar-refractivity contribution in [2.45, 2.75) is 32.4 Å². The molecule has 0 saturated heterocycles. The summed E-state index contributed by atoms with van der Waals surface area (Å²) >= 11 is 0. The Kier molecular flexibility index (Phi) is 5.43. The molecule has 1 heterocycles. The largest absolute Gasteiger partial charge is 0.359 e. The van der Waals surface area contributed by atoms with Crippen LogP contribution in [0.1, 0.15) is 53.0 Å². The summed E-state index contributed by atoms with van der Waals surface area (Å²) in [6, 6.07) is 26.1. The van der Waals surface area contributed by atoms with E-state index in [0.29, 0.717) is 17.9 Å². The van der Waals surface area contributed by atoms with Crippen molar-refractivity contribution in [2.75, 3.05) is 5.32 Å². The average molecular weight is 383 g/mol. The first-order chi connectivity index (χ1) is 14.1. The fraction of sp³-hybridized carbons (Fsp3) is 0.200. The van der Waals surface area contributed by atoms with Gasteiger partial charge in [0.2, 0.25) is 0 Å². The Bertz CT molecular complexity index is 1010. The van der Waals surface area contributed by atoms with E-state index in [0.717, 1.165) is 11.3 Å². The predicted molar refractivity (Wildman–Crippen MR) is 118 cm³/mol. The van der Waals surface area contributed by atoms with Crippen molar-refractivity contribution in [3.63, 3.8) is 0 Å². The second-order valence-corrected chi connectivity index (χ2v) is 7.55. The van der Waals surface area contributed by atoms with Crippen molar-refractivity contribution in [3.05, 3.63) is 101 Å². The van der Waals surface area contributed by atoms with Crippen molar-refractivity contribution < 1.29 is 4.79 Å². The number of rotatable bonds is 5. The molecule has 4 heteroatoms. The Morgan fingerprint density at radius 3 is 2.38 bits per heavy atom. The summed E-state index contributed by atoms with van der Waals surface area (Å²) in [7, 11) is 0. The van der Waals surface area contributed by atoms with E-state index in [2.05, 4.69) is 48.5 Å². The lowest BCUT2D eigenvalue weighted by molar-refractivity contribution is 0.0691. The Hall–Kier alpha value is -3.40. The Balaban J connectivity index is 1.58. The second-order valence-electron chi connectivity index (χ2n) is 7.55. The van der Waals surface area contributed by atoms with Gasteiger partial charge in [0.15, 0.2) is 6.17 Å². The molecule has 1 aliphatic heterocycles. The Morgan fingerprint density at radius 1 is 0.966 bits per heavy atom. The Labute approximate surface area is 171 Å². The van der Waals surface area contributed by atoms with Gasteiger partial charge in [-0.15, -0.1) is 0 Å². The van der Waals surface area contributed by atoms with Gasteiger partial charge in [-0.1, -0.05) is 80.6 Å². The van der Waals surface area contributed by atoms with E-state index in [-0.39, 0.29) is 12.1 Å². The van der Waals surface area contributed by atoms with Crippen molar-refractivity contribution in [2.24, 2.45) is 5.10 Å². The smallest absolute Gasteiger partial charge is 0.278 e. The van der Waals surface area contributed by atoms with Crippen LogP contribution in [0.5, 0.6) is 0 Å². The second kappa shape index (κ2) is 8.31. The van der Waals surface area contributed by atoms with Crippen LogP contribution in [0.3, 0.4) is 0 Å². The van der Waals surface area contributed by atoms with Crippen molar-refractivity contribution >= 4 is 17.8 Å². The summed E-state index contributed by atoms with van der Waals surface area (Å²) < 4.78 is 0. The molecule has 3 aromatic rings. The normalized spacial score (nSPS) is 16.2. The van der Waals surface area contributed by atoms with E-state index in [1.165, 1.54) is 11.1 Å². The zero-order chi connectivity index (χ0) is 20.2. The van der Waals surface area contributed by atoms with Gasteiger partial charge >= 0.3 is 0 Å². The molecule has 146 valence electrons. The fourth-order valence-electron chi connectivity index (χ4n) is 3.50. The summed E-state index contributed by atoms with van der Waals surface area (Å²) in [5.74, 6) is 0.418. The fourth-order valence-corrected chi connectivity index (χ4v) is 3.50. The van der Waals surface area contributed by atoms with Crippen molar-refractivity contribution in [1.29, 1.82) is 0 Å². The molecule has 1 N–H and O–H groups in total. The number of nitrogens with one attached hydrogen (secondary N) is 1. The molecule has 0 spiro atoms. The lowest BCUT2D eigenvalue weighted by atomic mass is 10.0. The van der Waals surface area contributed by atoms with E-state index in [1.54, 1.807) is 5.01 Å². The zero-order valence-electron chi connectivity index (χ0n) is 16.7. The maximum absolute atomic E-state index is 13.1. The number of hydrazone groups is 1. The SMILES string of the molecule is CC(C)c1ccc(CC=NN2C(=O)c3ccccc3NC2c2ccccc2)cc1. The monoisotopic (exact) mass is 383 g/mol. The minimum absolute atomic E-state index is 0.0976. The summed E-state index contributed by atoms with van der Waals surface area (Å²) in [6.45, 7) is 4.37. The number of hydrogen-bond acceptors (Lipinski definition) is 3. The first kappa shape index (κ1) is 18.9. The maximum atomic E-state index is 13.1. The van der Waals surface area contributed by atoms with E-state index < -0.39 is 0 Å². The quantitative estimate of drug-likeness (QED) is 0.583. The predicted octanol–water partition coefficient (Wildman–Crippen LogP) is 5.61. The standard InChI is InChI=1S/C25H25N3O/c1-18(2)20-14-12-19(13-15-20)16-17-26-28-24(21-8-4-3-5-9-21)27-23-11-7-6-10-22(23)25(28)29/h3-15,17-18,24,27H,16H2,1-2H3. The number of carbonyl (C=O) groups excluding carboxylic acids is 1. The minimum Gasteiger partial charge on any atom is -0.359 e. The number of amides is 1. The zero-order valence-corrected chi connectivity index (χ0v) is 16.7. The number of para-hydroxylation sites is 1. The molecule has 4 rings (SSSR count). The molecular formula is C25H25N3O.